The fourth-order valence-electron chi connectivity index (χ4n) is 2.41. The van der Waals surface area contributed by atoms with Gasteiger partial charge in [-0.25, -0.2) is 4.68 Å². The molecular weight excluding hydrogens is 346 g/mol. The number of hydrogen-bond acceptors (Lipinski definition) is 5. The molecule has 0 aliphatic carbocycles. The van der Waals surface area contributed by atoms with E-state index in [0.29, 0.717) is 37.1 Å². The minimum Gasteiger partial charge on any atom is -0.376 e. The van der Waals surface area contributed by atoms with Crippen LogP contribution in [0, 0.1) is 0 Å². The maximum absolute atomic E-state index is 12.1. The van der Waals surface area contributed by atoms with Crippen molar-refractivity contribution >= 4 is 17.5 Å². The van der Waals surface area contributed by atoms with Crippen molar-refractivity contribution in [1.29, 1.82) is 0 Å². The highest BCUT2D eigenvalue weighted by Gasteiger charge is 2.15. The van der Waals surface area contributed by atoms with E-state index in [1.807, 2.05) is 0 Å². The fraction of sp³-hybridized carbons (Fsp3) is 0.353. The lowest BCUT2D eigenvalue weighted by atomic mass is 10.1. The van der Waals surface area contributed by atoms with E-state index in [-0.39, 0.29) is 24.1 Å². The van der Waals surface area contributed by atoms with Crippen LogP contribution in [0.15, 0.2) is 41.2 Å². The van der Waals surface area contributed by atoms with Crippen LogP contribution < -0.4 is 10.9 Å². The summed E-state index contributed by atoms with van der Waals surface area (Å²) in [6, 6.07) is 10.1. The number of nitrogens with zero attached hydrogens (tertiary/aromatic N) is 2. The monoisotopic (exact) mass is 363 g/mol. The molecule has 1 atom stereocenters. The summed E-state index contributed by atoms with van der Waals surface area (Å²) in [7, 11) is 0. The molecule has 25 heavy (non-hydrogen) atoms. The average Bonchev–Trinajstić information content (AvgIpc) is 2.63. The molecule has 7 nitrogen and oxygen atoms in total. The maximum Gasteiger partial charge on any atom is 0.267 e. The molecule has 0 unspecified atom stereocenters. The van der Waals surface area contributed by atoms with Gasteiger partial charge in [0, 0.05) is 23.2 Å². The van der Waals surface area contributed by atoms with E-state index >= 15 is 0 Å². The number of carbonyl (C=O) groups excluding carboxylic acids is 1. The first-order valence-electron chi connectivity index (χ1n) is 7.92. The second kappa shape index (κ2) is 8.24. The zero-order valence-electron chi connectivity index (χ0n) is 13.5. The molecule has 1 amide bonds. The summed E-state index contributed by atoms with van der Waals surface area (Å²) < 4.78 is 11.9. The molecule has 0 bridgehead atoms. The summed E-state index contributed by atoms with van der Waals surface area (Å²) in [5.41, 5.74) is 1.06. The molecule has 132 valence electrons. The van der Waals surface area contributed by atoms with Crippen LogP contribution in [-0.4, -0.2) is 48.2 Å². The van der Waals surface area contributed by atoms with Crippen LogP contribution in [0.1, 0.15) is 0 Å². The summed E-state index contributed by atoms with van der Waals surface area (Å²) in [6.45, 7) is 1.72. The number of rotatable bonds is 5. The normalized spacial score (nSPS) is 17.2. The zero-order valence-corrected chi connectivity index (χ0v) is 14.2. The van der Waals surface area contributed by atoms with Gasteiger partial charge >= 0.3 is 0 Å². The zero-order chi connectivity index (χ0) is 17.6. The van der Waals surface area contributed by atoms with E-state index in [0.717, 1.165) is 10.2 Å². The lowest BCUT2D eigenvalue weighted by molar-refractivity contribution is -0.124. The van der Waals surface area contributed by atoms with Crippen molar-refractivity contribution in [3.63, 3.8) is 0 Å². The Hall–Kier alpha value is -2.22. The largest absolute Gasteiger partial charge is 0.376 e. The highest BCUT2D eigenvalue weighted by Crippen LogP contribution is 2.18. The van der Waals surface area contributed by atoms with Gasteiger partial charge in [-0.2, -0.15) is 5.10 Å². The van der Waals surface area contributed by atoms with Crippen LogP contribution in [0.25, 0.3) is 11.3 Å². The van der Waals surface area contributed by atoms with E-state index in [4.69, 9.17) is 21.1 Å². The summed E-state index contributed by atoms with van der Waals surface area (Å²) in [5, 5.41) is 7.60. The standard InChI is InChI=1S/C17H18ClN3O4/c18-13-3-1-12(2-4-13)15-5-6-17(23)21(20-15)10-16(22)19-9-14-11-24-7-8-25-14/h1-6,14H,7-11H2,(H,19,22)/t14-/m1/s1. The van der Waals surface area contributed by atoms with Gasteiger partial charge in [-0.15, -0.1) is 0 Å². The van der Waals surface area contributed by atoms with Crippen molar-refractivity contribution in [3.05, 3.63) is 51.8 Å². The molecular formula is C17H18ClN3O4. The van der Waals surface area contributed by atoms with Crippen LogP contribution >= 0.6 is 11.6 Å². The Morgan fingerprint density at radius 1 is 1.24 bits per heavy atom. The molecule has 0 spiro atoms. The third-order valence-corrected chi connectivity index (χ3v) is 3.96. The Kier molecular flexibility index (Phi) is 5.80. The molecule has 1 saturated heterocycles. The number of carbonyl (C=O) groups is 1. The maximum atomic E-state index is 12.1. The molecule has 1 N–H and O–H groups in total. The molecule has 1 aromatic heterocycles. The lowest BCUT2D eigenvalue weighted by Crippen LogP contribution is -2.41. The molecule has 1 aliphatic heterocycles. The van der Waals surface area contributed by atoms with Crippen LogP contribution in [-0.2, 0) is 20.8 Å². The van der Waals surface area contributed by atoms with Gasteiger partial charge < -0.3 is 14.8 Å². The van der Waals surface area contributed by atoms with E-state index in [1.54, 1.807) is 30.3 Å². The van der Waals surface area contributed by atoms with Crippen LogP contribution in [0.4, 0.5) is 0 Å². The predicted octanol–water partition coefficient (Wildman–Crippen LogP) is 1.10. The van der Waals surface area contributed by atoms with Crippen LogP contribution in [0.5, 0.6) is 0 Å². The number of amides is 1. The Balaban J connectivity index is 1.65. The second-order valence-electron chi connectivity index (χ2n) is 5.59. The Morgan fingerprint density at radius 3 is 2.76 bits per heavy atom. The highest BCUT2D eigenvalue weighted by molar-refractivity contribution is 6.30. The van der Waals surface area contributed by atoms with E-state index < -0.39 is 0 Å². The van der Waals surface area contributed by atoms with Crippen molar-refractivity contribution in [2.24, 2.45) is 0 Å². The number of halogens is 1. The third-order valence-electron chi connectivity index (χ3n) is 3.71. The minimum atomic E-state index is -0.342. The SMILES string of the molecule is O=C(Cn1nc(-c2ccc(Cl)cc2)ccc1=O)NC[C@@H]1COCCO1. The van der Waals surface area contributed by atoms with Gasteiger partial charge in [0.05, 0.1) is 31.6 Å². The van der Waals surface area contributed by atoms with E-state index in [1.165, 1.54) is 6.07 Å². The molecule has 1 fully saturated rings. The first-order chi connectivity index (χ1) is 12.1. The first kappa shape index (κ1) is 17.6. The predicted molar refractivity (Wildman–Crippen MR) is 92.5 cm³/mol. The summed E-state index contributed by atoms with van der Waals surface area (Å²) in [5.74, 6) is -0.308. The molecule has 3 rings (SSSR count). The number of benzene rings is 1. The van der Waals surface area contributed by atoms with Gasteiger partial charge in [0.15, 0.2) is 0 Å². The minimum absolute atomic E-state index is 0.159. The van der Waals surface area contributed by atoms with Crippen LogP contribution in [0.3, 0.4) is 0 Å². The third kappa shape index (κ3) is 4.88. The summed E-state index contributed by atoms with van der Waals surface area (Å²) >= 11 is 5.88. The molecule has 0 radical (unpaired) electrons. The summed E-state index contributed by atoms with van der Waals surface area (Å²) in [6.07, 6.45) is -0.164. The van der Waals surface area contributed by atoms with Crippen LogP contribution in [0.2, 0.25) is 5.02 Å². The van der Waals surface area contributed by atoms with E-state index in [9.17, 15) is 9.59 Å². The van der Waals surface area contributed by atoms with Gasteiger partial charge in [0.1, 0.15) is 6.54 Å². The van der Waals surface area contributed by atoms with Gasteiger partial charge in [0.25, 0.3) is 5.56 Å². The molecule has 8 heteroatoms. The molecule has 0 saturated carbocycles. The topological polar surface area (TPSA) is 82.5 Å². The fourth-order valence-corrected chi connectivity index (χ4v) is 2.54. The molecule has 1 aromatic carbocycles. The van der Waals surface area contributed by atoms with E-state index in [2.05, 4.69) is 10.4 Å². The van der Waals surface area contributed by atoms with Crippen molar-refractivity contribution in [3.8, 4) is 11.3 Å². The number of aromatic nitrogens is 2. The average molecular weight is 364 g/mol. The smallest absolute Gasteiger partial charge is 0.267 e. The van der Waals surface area contributed by atoms with Gasteiger partial charge in [-0.3, -0.25) is 9.59 Å². The van der Waals surface area contributed by atoms with Crippen molar-refractivity contribution < 1.29 is 14.3 Å². The highest BCUT2D eigenvalue weighted by atomic mass is 35.5. The first-order valence-corrected chi connectivity index (χ1v) is 8.30. The van der Waals surface area contributed by atoms with Gasteiger partial charge in [0.2, 0.25) is 5.91 Å². The quantitative estimate of drug-likeness (QED) is 0.860. The number of hydrogen-bond donors (Lipinski definition) is 1. The lowest BCUT2D eigenvalue weighted by Gasteiger charge is -2.23. The Bertz CT molecular complexity index is 785. The molecule has 2 aromatic rings. The second-order valence-corrected chi connectivity index (χ2v) is 6.03. The molecule has 2 heterocycles. The van der Waals surface area contributed by atoms with Gasteiger partial charge in [-0.05, 0) is 18.2 Å². The summed E-state index contributed by atoms with van der Waals surface area (Å²) in [4.78, 5) is 24.0. The Morgan fingerprint density at radius 2 is 2.04 bits per heavy atom. The Labute approximate surface area is 149 Å². The molecule has 1 aliphatic rings. The van der Waals surface area contributed by atoms with Crippen molar-refractivity contribution in [1.82, 2.24) is 15.1 Å². The number of ether oxygens (including phenoxy) is 2. The van der Waals surface area contributed by atoms with Crippen molar-refractivity contribution in [2.75, 3.05) is 26.4 Å². The van der Waals surface area contributed by atoms with Crippen molar-refractivity contribution in [2.45, 2.75) is 12.6 Å². The van der Waals surface area contributed by atoms with Gasteiger partial charge in [-0.1, -0.05) is 23.7 Å². The number of nitrogens with one attached hydrogen (secondary N) is 1.